The Morgan fingerprint density at radius 3 is 3.00 bits per heavy atom. The van der Waals surface area contributed by atoms with Gasteiger partial charge in [-0.3, -0.25) is 4.79 Å². The smallest absolute Gasteiger partial charge is 0.268 e. The van der Waals surface area contributed by atoms with Crippen LogP contribution in [0.3, 0.4) is 0 Å². The minimum Gasteiger partial charge on any atom is -0.395 e. The van der Waals surface area contributed by atoms with Crippen molar-refractivity contribution >= 4 is 17.2 Å². The third-order valence-corrected chi connectivity index (χ3v) is 3.73. The van der Waals surface area contributed by atoms with Gasteiger partial charge in [0, 0.05) is 17.8 Å². The van der Waals surface area contributed by atoms with E-state index in [1.54, 1.807) is 5.38 Å². The van der Waals surface area contributed by atoms with Gasteiger partial charge < -0.3 is 21.3 Å². The van der Waals surface area contributed by atoms with Gasteiger partial charge in [0.25, 0.3) is 5.91 Å². The first-order valence-electron chi connectivity index (χ1n) is 5.39. The van der Waals surface area contributed by atoms with Crippen LogP contribution < -0.4 is 11.1 Å². The molecule has 6 nitrogen and oxygen atoms in total. The maximum Gasteiger partial charge on any atom is 0.268 e. The molecule has 0 radical (unpaired) electrons. The number of primary amides is 1. The lowest BCUT2D eigenvalue weighted by Gasteiger charge is -2.11. The number of nitrogens with one attached hydrogen (secondary N) is 1. The van der Waals surface area contributed by atoms with E-state index in [0.717, 1.165) is 5.01 Å². The van der Waals surface area contributed by atoms with Crippen LogP contribution in [0.1, 0.15) is 21.9 Å². The zero-order valence-electron chi connectivity index (χ0n) is 9.17. The minimum atomic E-state index is -0.528. The van der Waals surface area contributed by atoms with Crippen LogP contribution in [-0.2, 0) is 6.42 Å². The highest BCUT2D eigenvalue weighted by Crippen LogP contribution is 2.19. The molecule has 3 unspecified atom stereocenters. The molecule has 1 saturated heterocycles. The van der Waals surface area contributed by atoms with Crippen LogP contribution >= 0.6 is 11.3 Å². The Balaban J connectivity index is 1.95. The summed E-state index contributed by atoms with van der Waals surface area (Å²) in [6.07, 6.45) is 0.683. The Bertz CT molecular complexity index is 409. The number of hydrogen-bond acceptors (Lipinski definition) is 6. The molecule has 0 saturated carbocycles. The molecule has 1 fully saturated rings. The number of thiazole rings is 1. The predicted molar refractivity (Wildman–Crippen MR) is 62.8 cm³/mol. The third-order valence-electron chi connectivity index (χ3n) is 2.86. The summed E-state index contributed by atoms with van der Waals surface area (Å²) in [5.41, 5.74) is 5.40. The molecule has 1 aliphatic rings. The minimum absolute atomic E-state index is 0.0778. The van der Waals surface area contributed by atoms with Gasteiger partial charge in [-0.1, -0.05) is 0 Å². The summed E-state index contributed by atoms with van der Waals surface area (Å²) in [6, 6.07) is -0.190. The van der Waals surface area contributed by atoms with E-state index in [4.69, 9.17) is 10.8 Å². The van der Waals surface area contributed by atoms with Crippen molar-refractivity contribution in [2.75, 3.05) is 6.61 Å². The number of carbonyl (C=O) groups excluding carboxylic acids is 1. The molecular weight excluding hydrogens is 242 g/mol. The van der Waals surface area contributed by atoms with Gasteiger partial charge in [0.05, 0.1) is 23.8 Å². The summed E-state index contributed by atoms with van der Waals surface area (Å²) in [4.78, 5) is 15.0. The molecule has 2 heterocycles. The standard InChI is InChI=1S/C10H15N3O3S/c11-10(16)7-4-17-9(13-7)2-5-1-8(15)6(3-14)12-5/h4-6,8,12,14-15H,1-3H2,(H2,11,16). The van der Waals surface area contributed by atoms with E-state index in [9.17, 15) is 9.90 Å². The van der Waals surface area contributed by atoms with Crippen LogP contribution in [0.2, 0.25) is 0 Å². The summed E-state index contributed by atoms with van der Waals surface area (Å²) in [5, 5.41) is 24.2. The molecule has 0 aromatic carbocycles. The molecule has 1 aromatic rings. The lowest BCUT2D eigenvalue weighted by atomic mass is 10.1. The molecule has 17 heavy (non-hydrogen) atoms. The Morgan fingerprint density at radius 1 is 1.71 bits per heavy atom. The van der Waals surface area contributed by atoms with Gasteiger partial charge in [0.15, 0.2) is 0 Å². The predicted octanol–water partition coefficient (Wildman–Crippen LogP) is -1.13. The lowest BCUT2D eigenvalue weighted by molar-refractivity contribution is 0.0996. The molecule has 5 N–H and O–H groups in total. The number of aromatic nitrogens is 1. The van der Waals surface area contributed by atoms with Crippen molar-refractivity contribution in [3.63, 3.8) is 0 Å². The maximum atomic E-state index is 10.9. The summed E-state index contributed by atoms with van der Waals surface area (Å²) in [7, 11) is 0. The second-order valence-electron chi connectivity index (χ2n) is 4.15. The fourth-order valence-electron chi connectivity index (χ4n) is 1.98. The normalized spacial score (nSPS) is 28.5. The van der Waals surface area contributed by atoms with Crippen LogP contribution in [0.25, 0.3) is 0 Å². The first-order valence-corrected chi connectivity index (χ1v) is 6.27. The van der Waals surface area contributed by atoms with E-state index in [2.05, 4.69) is 10.3 Å². The molecule has 0 bridgehead atoms. The Morgan fingerprint density at radius 2 is 2.47 bits per heavy atom. The van der Waals surface area contributed by atoms with Crippen molar-refractivity contribution in [1.29, 1.82) is 0 Å². The first-order chi connectivity index (χ1) is 8.10. The SMILES string of the molecule is NC(=O)c1csc(CC2CC(O)C(CO)N2)n1. The van der Waals surface area contributed by atoms with Crippen molar-refractivity contribution < 1.29 is 15.0 Å². The topological polar surface area (TPSA) is 108 Å². The summed E-state index contributed by atoms with van der Waals surface area (Å²) in [5.74, 6) is -0.528. The van der Waals surface area contributed by atoms with Crippen LogP contribution in [0.5, 0.6) is 0 Å². The van der Waals surface area contributed by atoms with Gasteiger partial charge in [0.1, 0.15) is 5.69 Å². The highest BCUT2D eigenvalue weighted by Gasteiger charge is 2.32. The maximum absolute atomic E-state index is 10.9. The quantitative estimate of drug-likeness (QED) is 0.546. The number of nitrogens with two attached hydrogens (primary N) is 1. The first kappa shape index (κ1) is 12.4. The zero-order chi connectivity index (χ0) is 12.4. The van der Waals surface area contributed by atoms with Gasteiger partial charge in [-0.2, -0.15) is 0 Å². The molecule has 0 spiro atoms. The molecule has 1 amide bonds. The number of nitrogens with zero attached hydrogens (tertiary/aromatic N) is 1. The summed E-state index contributed by atoms with van der Waals surface area (Å²) in [6.45, 7) is -0.0813. The molecular formula is C10H15N3O3S. The fourth-order valence-corrected chi connectivity index (χ4v) is 2.85. The highest BCUT2D eigenvalue weighted by molar-refractivity contribution is 7.09. The van der Waals surface area contributed by atoms with Crippen LogP contribution in [0.4, 0.5) is 0 Å². The zero-order valence-corrected chi connectivity index (χ0v) is 9.98. The van der Waals surface area contributed by atoms with E-state index in [-0.39, 0.29) is 24.4 Å². The molecule has 94 valence electrons. The Hall–Kier alpha value is -1.02. The number of aliphatic hydroxyl groups excluding tert-OH is 2. The molecule has 1 aliphatic heterocycles. The lowest BCUT2D eigenvalue weighted by Crippen LogP contribution is -2.36. The van der Waals surface area contributed by atoms with E-state index in [0.29, 0.717) is 12.8 Å². The molecule has 0 aliphatic carbocycles. The Kier molecular flexibility index (Phi) is 3.72. The van der Waals surface area contributed by atoms with Crippen LogP contribution in [-0.4, -0.2) is 45.9 Å². The third kappa shape index (κ3) is 2.81. The average Bonchev–Trinajstić information content (AvgIpc) is 2.86. The van der Waals surface area contributed by atoms with Crippen molar-refractivity contribution in [2.24, 2.45) is 5.73 Å². The van der Waals surface area contributed by atoms with Crippen molar-refractivity contribution in [3.8, 4) is 0 Å². The van der Waals surface area contributed by atoms with Crippen molar-refractivity contribution in [2.45, 2.75) is 31.0 Å². The van der Waals surface area contributed by atoms with Crippen LogP contribution in [0, 0.1) is 0 Å². The van der Waals surface area contributed by atoms with E-state index in [1.165, 1.54) is 11.3 Å². The molecule has 7 heteroatoms. The number of carbonyl (C=O) groups is 1. The van der Waals surface area contributed by atoms with E-state index < -0.39 is 12.0 Å². The van der Waals surface area contributed by atoms with E-state index >= 15 is 0 Å². The van der Waals surface area contributed by atoms with Gasteiger partial charge in [-0.15, -0.1) is 11.3 Å². The number of amides is 1. The Labute approximate surface area is 102 Å². The van der Waals surface area contributed by atoms with Crippen molar-refractivity contribution in [1.82, 2.24) is 10.3 Å². The molecule has 2 rings (SSSR count). The average molecular weight is 257 g/mol. The van der Waals surface area contributed by atoms with Gasteiger partial charge in [-0.05, 0) is 6.42 Å². The van der Waals surface area contributed by atoms with Gasteiger partial charge in [0.2, 0.25) is 0 Å². The number of rotatable bonds is 4. The molecule has 1 aromatic heterocycles. The van der Waals surface area contributed by atoms with Crippen molar-refractivity contribution in [3.05, 3.63) is 16.1 Å². The molecule has 3 atom stereocenters. The second kappa shape index (κ2) is 5.09. The van der Waals surface area contributed by atoms with Gasteiger partial charge in [-0.25, -0.2) is 4.98 Å². The largest absolute Gasteiger partial charge is 0.395 e. The highest BCUT2D eigenvalue weighted by atomic mass is 32.1. The van der Waals surface area contributed by atoms with Gasteiger partial charge >= 0.3 is 0 Å². The van der Waals surface area contributed by atoms with Crippen LogP contribution in [0.15, 0.2) is 5.38 Å². The monoisotopic (exact) mass is 257 g/mol. The fraction of sp³-hybridized carbons (Fsp3) is 0.600. The summed E-state index contributed by atoms with van der Waals surface area (Å²) < 4.78 is 0. The number of hydrogen-bond donors (Lipinski definition) is 4. The number of aliphatic hydroxyl groups is 2. The van der Waals surface area contributed by atoms with E-state index in [1.807, 2.05) is 0 Å². The second-order valence-corrected chi connectivity index (χ2v) is 5.09. The summed E-state index contributed by atoms with van der Waals surface area (Å²) >= 11 is 1.38.